The van der Waals surface area contributed by atoms with Gasteiger partial charge in [-0.25, -0.2) is 13.4 Å². The minimum absolute atomic E-state index is 0.0167. The van der Waals surface area contributed by atoms with Crippen molar-refractivity contribution in [3.05, 3.63) is 44.9 Å². The number of thiazole rings is 1. The zero-order valence-corrected chi connectivity index (χ0v) is 26.7. The third-order valence-corrected chi connectivity index (χ3v) is 13.5. The maximum Gasteiger partial charge on any atom is 0.283 e. The van der Waals surface area contributed by atoms with Crippen molar-refractivity contribution < 1.29 is 35.7 Å². The molecule has 6 rings (SSSR count). The Bertz CT molecular complexity index is 1790. The van der Waals surface area contributed by atoms with E-state index in [4.69, 9.17) is 16.3 Å². The standard InChI is InChI=1S/C25H28ClN5O8S4/c26-16-2-1-15-9-23(40-19(15)10-16)42(34,35)30-3-4-31(17(14-30)11-22(32)29-5-7-39-8-6-29)25(33)24-28-18-12-21(43(36,37)38)27-13-20(18)41-24/h1-2,9-10,17,21,27H,3-8,11-14H2,(H,36,37,38). The Morgan fingerprint density at radius 1 is 1.09 bits per heavy atom. The summed E-state index contributed by atoms with van der Waals surface area (Å²) >= 11 is 8.32. The van der Waals surface area contributed by atoms with E-state index in [9.17, 15) is 31.0 Å². The van der Waals surface area contributed by atoms with E-state index in [1.807, 2.05) is 0 Å². The van der Waals surface area contributed by atoms with Crippen LogP contribution in [0.4, 0.5) is 0 Å². The van der Waals surface area contributed by atoms with E-state index in [2.05, 4.69) is 10.3 Å². The highest BCUT2D eigenvalue weighted by Crippen LogP contribution is 2.34. The van der Waals surface area contributed by atoms with Gasteiger partial charge >= 0.3 is 0 Å². The molecule has 13 nitrogen and oxygen atoms in total. The van der Waals surface area contributed by atoms with Gasteiger partial charge in [-0.3, -0.25) is 19.5 Å². The minimum atomic E-state index is -4.35. The van der Waals surface area contributed by atoms with Gasteiger partial charge in [-0.15, -0.1) is 22.7 Å². The number of morpholine rings is 1. The number of carbonyl (C=O) groups is 2. The lowest BCUT2D eigenvalue weighted by atomic mass is 10.1. The number of rotatable bonds is 6. The molecule has 2 amide bonds. The first-order chi connectivity index (χ1) is 20.4. The number of hydrogen-bond acceptors (Lipinski definition) is 11. The van der Waals surface area contributed by atoms with E-state index in [1.165, 1.54) is 9.21 Å². The summed E-state index contributed by atoms with van der Waals surface area (Å²) in [5.41, 5.74) is 0.404. The van der Waals surface area contributed by atoms with Crippen LogP contribution in [-0.4, -0.2) is 110 Å². The molecular weight excluding hydrogens is 662 g/mol. The molecule has 18 heteroatoms. The van der Waals surface area contributed by atoms with Crippen LogP contribution >= 0.6 is 34.3 Å². The number of piperazine rings is 1. The van der Waals surface area contributed by atoms with Gasteiger partial charge in [0, 0.05) is 66.7 Å². The van der Waals surface area contributed by atoms with Crippen molar-refractivity contribution in [3.63, 3.8) is 0 Å². The average molecular weight is 690 g/mol. The van der Waals surface area contributed by atoms with Gasteiger partial charge in [0.15, 0.2) is 5.01 Å². The normalized spacial score (nSPS) is 22.1. The molecule has 0 aliphatic carbocycles. The SMILES string of the molecule is O=C(CC1CN(S(=O)(=O)c2cc3ccc(Cl)cc3s2)CCN1C(=O)c1nc2c(s1)CNC(S(=O)(=O)O)C2)N1CCOCC1. The van der Waals surface area contributed by atoms with Crippen molar-refractivity contribution in [2.45, 2.75) is 35.0 Å². The maximum absolute atomic E-state index is 13.8. The van der Waals surface area contributed by atoms with E-state index in [-0.39, 0.29) is 54.1 Å². The second-order valence-corrected chi connectivity index (χ2v) is 16.8. The summed E-state index contributed by atoms with van der Waals surface area (Å²) in [7, 11) is -8.29. The molecule has 3 aliphatic heterocycles. The number of ether oxygens (including phenoxy) is 1. The van der Waals surface area contributed by atoms with Crippen LogP contribution in [0.3, 0.4) is 0 Å². The van der Waals surface area contributed by atoms with Gasteiger partial charge in [-0.1, -0.05) is 17.7 Å². The van der Waals surface area contributed by atoms with Crippen molar-refractivity contribution in [1.82, 2.24) is 24.4 Å². The summed E-state index contributed by atoms with van der Waals surface area (Å²) < 4.78 is 67.8. The lowest BCUT2D eigenvalue weighted by molar-refractivity contribution is -0.136. The molecule has 2 fully saturated rings. The van der Waals surface area contributed by atoms with Crippen LogP contribution in [-0.2, 0) is 42.6 Å². The Hall–Kier alpha value is -2.22. The summed E-state index contributed by atoms with van der Waals surface area (Å²) in [5, 5.41) is 2.88. The predicted molar refractivity (Wildman–Crippen MR) is 160 cm³/mol. The van der Waals surface area contributed by atoms with Gasteiger partial charge in [-0.05, 0) is 23.6 Å². The molecule has 43 heavy (non-hydrogen) atoms. The van der Waals surface area contributed by atoms with Gasteiger partial charge in [0.2, 0.25) is 5.91 Å². The molecule has 1 aromatic carbocycles. The minimum Gasteiger partial charge on any atom is -0.378 e. The highest BCUT2D eigenvalue weighted by atomic mass is 35.5. The molecule has 2 N–H and O–H groups in total. The molecule has 232 valence electrons. The molecule has 2 aromatic heterocycles. The number of benzene rings is 1. The first-order valence-corrected chi connectivity index (χ1v) is 18.4. The number of nitrogens with one attached hydrogen (secondary N) is 1. The molecule has 2 saturated heterocycles. The fraction of sp³-hybridized carbons (Fsp3) is 0.480. The molecule has 0 radical (unpaired) electrons. The molecule has 0 saturated carbocycles. The Balaban J connectivity index is 1.26. The predicted octanol–water partition coefficient (Wildman–Crippen LogP) is 1.64. The van der Waals surface area contributed by atoms with Crippen LogP contribution in [0.15, 0.2) is 28.5 Å². The Labute approximate surface area is 261 Å². The number of amides is 2. The van der Waals surface area contributed by atoms with Crippen LogP contribution in [0, 0.1) is 0 Å². The molecule has 5 heterocycles. The quantitative estimate of drug-likeness (QED) is 0.363. The van der Waals surface area contributed by atoms with Crippen molar-refractivity contribution in [2.75, 3.05) is 45.9 Å². The first kappa shape index (κ1) is 30.8. The van der Waals surface area contributed by atoms with E-state index in [0.717, 1.165) is 32.8 Å². The van der Waals surface area contributed by atoms with Gasteiger partial charge in [0.05, 0.1) is 24.9 Å². The Kier molecular flexibility index (Phi) is 8.55. The van der Waals surface area contributed by atoms with Crippen LogP contribution < -0.4 is 5.32 Å². The number of aromatic nitrogens is 1. The van der Waals surface area contributed by atoms with Crippen molar-refractivity contribution >= 4 is 76.3 Å². The fourth-order valence-electron chi connectivity index (χ4n) is 5.43. The monoisotopic (exact) mass is 689 g/mol. The number of nitrogens with zero attached hydrogens (tertiary/aromatic N) is 4. The van der Waals surface area contributed by atoms with Crippen LogP contribution in [0.1, 0.15) is 26.8 Å². The highest BCUT2D eigenvalue weighted by molar-refractivity contribution is 7.91. The van der Waals surface area contributed by atoms with Crippen LogP contribution in [0.25, 0.3) is 10.1 Å². The smallest absolute Gasteiger partial charge is 0.283 e. The number of carbonyl (C=O) groups excluding carboxylic acids is 2. The van der Waals surface area contributed by atoms with Crippen molar-refractivity contribution in [3.8, 4) is 0 Å². The zero-order chi connectivity index (χ0) is 30.5. The topological polar surface area (TPSA) is 167 Å². The van der Waals surface area contributed by atoms with Crippen LogP contribution in [0.5, 0.6) is 0 Å². The summed E-state index contributed by atoms with van der Waals surface area (Å²) in [6.07, 6.45) is -0.180. The zero-order valence-electron chi connectivity index (χ0n) is 22.6. The van der Waals surface area contributed by atoms with Gasteiger partial charge < -0.3 is 14.5 Å². The third kappa shape index (κ3) is 6.32. The van der Waals surface area contributed by atoms with E-state index in [1.54, 1.807) is 29.2 Å². The molecule has 2 atom stereocenters. The molecule has 0 bridgehead atoms. The summed E-state index contributed by atoms with van der Waals surface area (Å²) in [5.74, 6) is -0.670. The van der Waals surface area contributed by atoms with E-state index >= 15 is 0 Å². The summed E-state index contributed by atoms with van der Waals surface area (Å²) in [6.45, 7) is 1.71. The van der Waals surface area contributed by atoms with Gasteiger partial charge in [0.1, 0.15) is 9.58 Å². The lowest BCUT2D eigenvalue weighted by Gasteiger charge is -2.41. The maximum atomic E-state index is 13.8. The Morgan fingerprint density at radius 3 is 2.60 bits per heavy atom. The fourth-order valence-corrected chi connectivity index (χ4v) is 10.4. The second-order valence-electron chi connectivity index (χ2n) is 10.4. The van der Waals surface area contributed by atoms with Crippen LogP contribution in [0.2, 0.25) is 5.02 Å². The Morgan fingerprint density at radius 2 is 1.86 bits per heavy atom. The second kappa shape index (κ2) is 11.9. The number of thiophene rings is 1. The van der Waals surface area contributed by atoms with E-state index in [0.29, 0.717) is 41.9 Å². The highest BCUT2D eigenvalue weighted by Gasteiger charge is 2.40. The van der Waals surface area contributed by atoms with Crippen molar-refractivity contribution in [2.24, 2.45) is 0 Å². The van der Waals surface area contributed by atoms with E-state index < -0.39 is 37.5 Å². The third-order valence-electron chi connectivity index (χ3n) is 7.72. The molecule has 0 spiro atoms. The number of fused-ring (bicyclic) bond motifs is 2. The molecule has 3 aliphatic rings. The largest absolute Gasteiger partial charge is 0.378 e. The number of sulfonamides is 1. The number of halogens is 1. The first-order valence-electron chi connectivity index (χ1n) is 13.4. The molecule has 2 unspecified atom stereocenters. The molecule has 3 aromatic rings. The average Bonchev–Trinajstić information content (AvgIpc) is 3.61. The van der Waals surface area contributed by atoms with Gasteiger partial charge in [-0.2, -0.15) is 12.7 Å². The number of hydrogen-bond donors (Lipinski definition) is 2. The summed E-state index contributed by atoms with van der Waals surface area (Å²) in [6, 6.07) is 6.00. The van der Waals surface area contributed by atoms with Gasteiger partial charge in [0.25, 0.3) is 26.0 Å². The van der Waals surface area contributed by atoms with Crippen molar-refractivity contribution in [1.29, 1.82) is 0 Å². The lowest BCUT2D eigenvalue weighted by Crippen LogP contribution is -2.58. The summed E-state index contributed by atoms with van der Waals surface area (Å²) in [4.78, 5) is 35.3. The molecular formula is C25H28ClN5O8S4.